The van der Waals surface area contributed by atoms with Crippen LogP contribution in [0.25, 0.3) is 0 Å². The first-order valence-electron chi connectivity index (χ1n) is 5.33. The van der Waals surface area contributed by atoms with E-state index in [4.69, 9.17) is 23.2 Å². The minimum absolute atomic E-state index is 0.103. The zero-order chi connectivity index (χ0) is 10.9. The van der Waals surface area contributed by atoms with Gasteiger partial charge in [0.25, 0.3) is 0 Å². The fourth-order valence-corrected chi connectivity index (χ4v) is 2.79. The highest BCUT2D eigenvalue weighted by Crippen LogP contribution is 2.46. The molecule has 0 aromatic rings. The molecule has 1 nitrogen and oxygen atoms in total. The van der Waals surface area contributed by atoms with Crippen LogP contribution in [0.2, 0.25) is 0 Å². The van der Waals surface area contributed by atoms with Gasteiger partial charge in [-0.25, -0.2) is 0 Å². The maximum Gasteiger partial charge on any atom is 0.113 e. The first-order valence-corrected chi connectivity index (χ1v) is 6.20. The van der Waals surface area contributed by atoms with Crippen molar-refractivity contribution in [1.29, 1.82) is 0 Å². The van der Waals surface area contributed by atoms with Gasteiger partial charge in [-0.3, -0.25) is 0 Å². The molecule has 1 aliphatic carbocycles. The molecule has 0 aromatic carbocycles. The third kappa shape index (κ3) is 2.56. The summed E-state index contributed by atoms with van der Waals surface area (Å²) in [6, 6.07) is 0. The molecule has 1 N–H and O–H groups in total. The molecule has 0 spiro atoms. The molecular weight excluding hydrogens is 219 g/mol. The lowest BCUT2D eigenvalue weighted by atomic mass is 9.68. The van der Waals surface area contributed by atoms with Gasteiger partial charge in [0.2, 0.25) is 0 Å². The van der Waals surface area contributed by atoms with Crippen LogP contribution in [0.15, 0.2) is 0 Å². The molecule has 1 aliphatic rings. The van der Waals surface area contributed by atoms with Crippen LogP contribution in [0, 0.1) is 17.3 Å². The van der Waals surface area contributed by atoms with Crippen molar-refractivity contribution in [3.63, 3.8) is 0 Å². The van der Waals surface area contributed by atoms with E-state index in [-0.39, 0.29) is 16.4 Å². The SMILES string of the molecule is CC(C)[C@H]1CC[C@](C)(C(Cl)Cl)C[C@@H]1O. The second-order valence-corrected chi connectivity index (χ2v) is 6.27. The van der Waals surface area contributed by atoms with Crippen LogP contribution in [-0.4, -0.2) is 16.0 Å². The number of hydrogen-bond acceptors (Lipinski definition) is 1. The zero-order valence-corrected chi connectivity index (χ0v) is 10.6. The van der Waals surface area contributed by atoms with Gasteiger partial charge in [0.05, 0.1) is 6.10 Å². The van der Waals surface area contributed by atoms with Gasteiger partial charge in [-0.15, -0.1) is 23.2 Å². The molecule has 0 aliphatic heterocycles. The molecule has 0 radical (unpaired) electrons. The summed E-state index contributed by atoms with van der Waals surface area (Å²) in [7, 11) is 0. The van der Waals surface area contributed by atoms with Gasteiger partial charge < -0.3 is 5.11 Å². The van der Waals surface area contributed by atoms with Crippen molar-refractivity contribution in [2.75, 3.05) is 0 Å². The number of aliphatic hydroxyl groups excluding tert-OH is 1. The molecule has 1 rings (SSSR count). The first kappa shape index (κ1) is 12.6. The highest BCUT2D eigenvalue weighted by Gasteiger charge is 2.41. The number of aliphatic hydroxyl groups is 1. The van der Waals surface area contributed by atoms with Crippen LogP contribution in [-0.2, 0) is 0 Å². The molecule has 0 unspecified atom stereocenters. The van der Waals surface area contributed by atoms with E-state index in [2.05, 4.69) is 20.8 Å². The molecule has 3 atom stereocenters. The van der Waals surface area contributed by atoms with E-state index < -0.39 is 0 Å². The van der Waals surface area contributed by atoms with Crippen LogP contribution in [0.4, 0.5) is 0 Å². The van der Waals surface area contributed by atoms with E-state index in [0.29, 0.717) is 11.8 Å². The maximum atomic E-state index is 10.0. The van der Waals surface area contributed by atoms with E-state index in [9.17, 15) is 5.11 Å². The first-order chi connectivity index (χ1) is 6.37. The zero-order valence-electron chi connectivity index (χ0n) is 9.13. The summed E-state index contributed by atoms with van der Waals surface area (Å²) in [6.07, 6.45) is 2.54. The van der Waals surface area contributed by atoms with Crippen LogP contribution in [0.3, 0.4) is 0 Å². The Balaban J connectivity index is 2.63. The molecule has 1 saturated carbocycles. The van der Waals surface area contributed by atoms with E-state index in [1.165, 1.54) is 0 Å². The summed E-state index contributed by atoms with van der Waals surface area (Å²) >= 11 is 11.9. The Kier molecular flexibility index (Phi) is 4.13. The summed E-state index contributed by atoms with van der Waals surface area (Å²) in [5.74, 6) is 0.953. The minimum Gasteiger partial charge on any atom is -0.393 e. The Morgan fingerprint density at radius 3 is 2.29 bits per heavy atom. The quantitative estimate of drug-likeness (QED) is 0.730. The van der Waals surface area contributed by atoms with Gasteiger partial charge in [-0.2, -0.15) is 0 Å². The largest absolute Gasteiger partial charge is 0.393 e. The standard InChI is InChI=1S/C11H20Cl2O/c1-7(2)8-4-5-11(3,10(12)13)6-9(8)14/h7-10,14H,4-6H2,1-3H3/t8-,9+,11+/m1/s1. The third-order valence-corrected chi connectivity index (χ3v) is 4.66. The number of hydrogen-bond donors (Lipinski definition) is 1. The number of alkyl halides is 2. The van der Waals surface area contributed by atoms with Crippen LogP contribution < -0.4 is 0 Å². The molecular formula is C11H20Cl2O. The lowest BCUT2D eigenvalue weighted by molar-refractivity contribution is -0.00522. The summed E-state index contributed by atoms with van der Waals surface area (Å²) < 4.78 is 0. The van der Waals surface area contributed by atoms with Gasteiger partial charge in [-0.05, 0) is 31.1 Å². The minimum atomic E-state index is -0.370. The van der Waals surface area contributed by atoms with Crippen molar-refractivity contribution in [3.05, 3.63) is 0 Å². The van der Waals surface area contributed by atoms with Crippen molar-refractivity contribution in [2.45, 2.75) is 51.0 Å². The molecule has 0 amide bonds. The van der Waals surface area contributed by atoms with Crippen LogP contribution >= 0.6 is 23.2 Å². The van der Waals surface area contributed by atoms with Crippen LogP contribution in [0.1, 0.15) is 40.0 Å². The van der Waals surface area contributed by atoms with Gasteiger partial charge >= 0.3 is 0 Å². The monoisotopic (exact) mass is 238 g/mol. The van der Waals surface area contributed by atoms with Crippen molar-refractivity contribution < 1.29 is 5.11 Å². The lowest BCUT2D eigenvalue weighted by Crippen LogP contribution is -2.40. The summed E-state index contributed by atoms with van der Waals surface area (Å²) in [5, 5.41) is 10.0. The molecule has 84 valence electrons. The Hall–Kier alpha value is 0.540. The summed E-state index contributed by atoms with van der Waals surface area (Å²) in [4.78, 5) is -0.370. The molecule has 14 heavy (non-hydrogen) atoms. The van der Waals surface area contributed by atoms with Gasteiger partial charge in [0.1, 0.15) is 4.84 Å². The fourth-order valence-electron chi connectivity index (χ4n) is 2.40. The molecule has 3 heteroatoms. The van der Waals surface area contributed by atoms with E-state index in [1.807, 2.05) is 0 Å². The number of halogens is 2. The molecule has 0 aromatic heterocycles. The predicted octanol–water partition coefficient (Wildman–Crippen LogP) is 3.61. The van der Waals surface area contributed by atoms with Crippen molar-refractivity contribution in [2.24, 2.45) is 17.3 Å². The molecule has 0 bridgehead atoms. The smallest absolute Gasteiger partial charge is 0.113 e. The van der Waals surface area contributed by atoms with E-state index in [0.717, 1.165) is 19.3 Å². The van der Waals surface area contributed by atoms with Gasteiger partial charge in [-0.1, -0.05) is 20.8 Å². The second kappa shape index (κ2) is 4.59. The van der Waals surface area contributed by atoms with E-state index >= 15 is 0 Å². The highest BCUT2D eigenvalue weighted by molar-refractivity contribution is 6.44. The Labute approximate surface area is 96.8 Å². The Bertz CT molecular complexity index is 194. The molecule has 0 heterocycles. The highest BCUT2D eigenvalue weighted by atomic mass is 35.5. The van der Waals surface area contributed by atoms with Crippen molar-refractivity contribution >= 4 is 23.2 Å². The molecule has 0 saturated heterocycles. The maximum absolute atomic E-state index is 10.0. The average Bonchev–Trinajstić information content (AvgIpc) is 2.02. The summed E-state index contributed by atoms with van der Waals surface area (Å²) in [6.45, 7) is 6.39. The normalized spacial score (nSPS) is 39.4. The average molecular weight is 239 g/mol. The number of rotatable bonds is 2. The van der Waals surface area contributed by atoms with Crippen LogP contribution in [0.5, 0.6) is 0 Å². The summed E-state index contributed by atoms with van der Waals surface area (Å²) in [5.41, 5.74) is -0.103. The second-order valence-electron chi connectivity index (χ2n) is 5.17. The Morgan fingerprint density at radius 2 is 1.93 bits per heavy atom. The van der Waals surface area contributed by atoms with E-state index in [1.54, 1.807) is 0 Å². The third-order valence-electron chi connectivity index (χ3n) is 3.60. The lowest BCUT2D eigenvalue weighted by Gasteiger charge is -2.42. The van der Waals surface area contributed by atoms with Gasteiger partial charge in [0.15, 0.2) is 0 Å². The predicted molar refractivity (Wildman–Crippen MR) is 61.8 cm³/mol. The van der Waals surface area contributed by atoms with Crippen molar-refractivity contribution in [1.82, 2.24) is 0 Å². The topological polar surface area (TPSA) is 20.2 Å². The fraction of sp³-hybridized carbons (Fsp3) is 1.00. The Morgan fingerprint density at radius 1 is 1.36 bits per heavy atom. The molecule has 1 fully saturated rings. The van der Waals surface area contributed by atoms with Gasteiger partial charge in [0, 0.05) is 5.41 Å². The van der Waals surface area contributed by atoms with Crippen molar-refractivity contribution in [3.8, 4) is 0 Å².